The van der Waals surface area contributed by atoms with E-state index in [4.69, 9.17) is 9.95 Å². The molecule has 0 aliphatic carbocycles. The SMILES string of the molecule is [N-]=[N+]=NCC1NCCc2occc21. The van der Waals surface area contributed by atoms with Gasteiger partial charge < -0.3 is 9.73 Å². The highest BCUT2D eigenvalue weighted by Gasteiger charge is 2.20. The molecule has 68 valence electrons. The lowest BCUT2D eigenvalue weighted by Crippen LogP contribution is -2.30. The van der Waals surface area contributed by atoms with Gasteiger partial charge in [0.1, 0.15) is 5.76 Å². The van der Waals surface area contributed by atoms with Gasteiger partial charge >= 0.3 is 0 Å². The largest absolute Gasteiger partial charge is 0.469 e. The molecule has 0 fully saturated rings. The number of nitrogens with zero attached hydrogens (tertiary/aromatic N) is 3. The van der Waals surface area contributed by atoms with Gasteiger partial charge in [-0.05, 0) is 11.6 Å². The minimum Gasteiger partial charge on any atom is -0.469 e. The number of hydrogen-bond donors (Lipinski definition) is 1. The average Bonchev–Trinajstić information content (AvgIpc) is 2.62. The summed E-state index contributed by atoms with van der Waals surface area (Å²) in [5.74, 6) is 1.01. The van der Waals surface area contributed by atoms with Crippen molar-refractivity contribution in [3.05, 3.63) is 34.1 Å². The zero-order valence-corrected chi connectivity index (χ0v) is 7.10. The maximum Gasteiger partial charge on any atom is 0.109 e. The van der Waals surface area contributed by atoms with Crippen LogP contribution in [-0.2, 0) is 6.42 Å². The van der Waals surface area contributed by atoms with E-state index < -0.39 is 0 Å². The molecule has 0 radical (unpaired) electrons. The number of azide groups is 1. The number of nitrogens with one attached hydrogen (secondary N) is 1. The second kappa shape index (κ2) is 3.51. The molecule has 1 aromatic rings. The van der Waals surface area contributed by atoms with Gasteiger partial charge in [0, 0.05) is 36.0 Å². The first-order chi connectivity index (χ1) is 6.42. The normalized spacial score (nSPS) is 20.5. The Hall–Kier alpha value is -1.45. The molecule has 1 unspecified atom stereocenters. The Balaban J connectivity index is 2.19. The summed E-state index contributed by atoms with van der Waals surface area (Å²) in [6, 6.07) is 2.05. The molecule has 2 rings (SSSR count). The molecule has 0 bridgehead atoms. The first-order valence-corrected chi connectivity index (χ1v) is 4.22. The van der Waals surface area contributed by atoms with Crippen molar-refractivity contribution in [2.45, 2.75) is 12.5 Å². The topological polar surface area (TPSA) is 73.9 Å². The number of furan rings is 1. The van der Waals surface area contributed by atoms with Crippen LogP contribution >= 0.6 is 0 Å². The van der Waals surface area contributed by atoms with E-state index in [0.717, 1.165) is 24.3 Å². The highest BCUT2D eigenvalue weighted by atomic mass is 16.3. The van der Waals surface area contributed by atoms with Gasteiger partial charge in [0.25, 0.3) is 0 Å². The van der Waals surface area contributed by atoms with Crippen LogP contribution in [0.3, 0.4) is 0 Å². The Kier molecular flexibility index (Phi) is 2.21. The summed E-state index contributed by atoms with van der Waals surface area (Å²) in [5, 5.41) is 6.82. The smallest absolute Gasteiger partial charge is 0.109 e. The van der Waals surface area contributed by atoms with E-state index in [0.29, 0.717) is 6.54 Å². The second-order valence-corrected chi connectivity index (χ2v) is 2.97. The summed E-state index contributed by atoms with van der Waals surface area (Å²) in [6.45, 7) is 1.33. The van der Waals surface area contributed by atoms with Crippen LogP contribution in [0.25, 0.3) is 10.4 Å². The monoisotopic (exact) mass is 178 g/mol. The van der Waals surface area contributed by atoms with Crippen LogP contribution in [0.15, 0.2) is 21.9 Å². The van der Waals surface area contributed by atoms with Crippen LogP contribution in [0.1, 0.15) is 17.4 Å². The fourth-order valence-electron chi connectivity index (χ4n) is 1.62. The molecule has 5 nitrogen and oxygen atoms in total. The lowest BCUT2D eigenvalue weighted by molar-refractivity contribution is 0.436. The molecule has 5 heteroatoms. The molecule has 1 aromatic heterocycles. The van der Waals surface area contributed by atoms with E-state index in [1.54, 1.807) is 6.26 Å². The summed E-state index contributed by atoms with van der Waals surface area (Å²) in [6.07, 6.45) is 2.59. The van der Waals surface area contributed by atoms with Crippen molar-refractivity contribution in [1.29, 1.82) is 0 Å². The highest BCUT2D eigenvalue weighted by Crippen LogP contribution is 2.23. The molecule has 0 amide bonds. The van der Waals surface area contributed by atoms with Gasteiger partial charge in [0.15, 0.2) is 0 Å². The fourth-order valence-corrected chi connectivity index (χ4v) is 1.62. The van der Waals surface area contributed by atoms with E-state index in [2.05, 4.69) is 15.3 Å². The fraction of sp³-hybridized carbons (Fsp3) is 0.500. The summed E-state index contributed by atoms with van der Waals surface area (Å²) in [7, 11) is 0. The molecule has 0 spiro atoms. The van der Waals surface area contributed by atoms with Gasteiger partial charge in [-0.2, -0.15) is 0 Å². The predicted molar refractivity (Wildman–Crippen MR) is 47.2 cm³/mol. The van der Waals surface area contributed by atoms with Gasteiger partial charge in [-0.3, -0.25) is 0 Å². The average molecular weight is 178 g/mol. The number of hydrogen-bond acceptors (Lipinski definition) is 3. The third-order valence-corrected chi connectivity index (χ3v) is 2.23. The Morgan fingerprint density at radius 1 is 1.77 bits per heavy atom. The molecule has 0 aromatic carbocycles. The van der Waals surface area contributed by atoms with E-state index in [1.165, 1.54) is 0 Å². The third kappa shape index (κ3) is 1.52. The maximum absolute atomic E-state index is 8.20. The number of rotatable bonds is 2. The van der Waals surface area contributed by atoms with Gasteiger partial charge in [-0.15, -0.1) is 0 Å². The second-order valence-electron chi connectivity index (χ2n) is 2.97. The molecular formula is C8H10N4O. The zero-order valence-electron chi connectivity index (χ0n) is 7.10. The van der Waals surface area contributed by atoms with Gasteiger partial charge in [0.05, 0.1) is 6.26 Å². The Labute approximate surface area is 75.4 Å². The molecule has 0 saturated carbocycles. The van der Waals surface area contributed by atoms with Crippen LogP contribution in [0, 0.1) is 0 Å². The van der Waals surface area contributed by atoms with Crippen molar-refractivity contribution in [2.24, 2.45) is 5.11 Å². The molecular weight excluding hydrogens is 168 g/mol. The summed E-state index contributed by atoms with van der Waals surface area (Å²) in [4.78, 5) is 2.74. The Morgan fingerprint density at radius 3 is 3.54 bits per heavy atom. The molecule has 1 aliphatic rings. The summed E-state index contributed by atoms with van der Waals surface area (Å²) >= 11 is 0. The third-order valence-electron chi connectivity index (χ3n) is 2.23. The van der Waals surface area contributed by atoms with Gasteiger partial charge in [-0.25, -0.2) is 0 Å². The van der Waals surface area contributed by atoms with E-state index in [-0.39, 0.29) is 6.04 Å². The highest BCUT2D eigenvalue weighted by molar-refractivity contribution is 5.24. The predicted octanol–water partition coefficient (Wildman–Crippen LogP) is 1.78. The van der Waals surface area contributed by atoms with Crippen LogP contribution in [-0.4, -0.2) is 13.1 Å². The van der Waals surface area contributed by atoms with E-state index in [9.17, 15) is 0 Å². The van der Waals surface area contributed by atoms with Crippen molar-refractivity contribution >= 4 is 0 Å². The molecule has 1 atom stereocenters. The summed E-state index contributed by atoms with van der Waals surface area (Å²) in [5.41, 5.74) is 9.33. The lowest BCUT2D eigenvalue weighted by atomic mass is 10.0. The molecule has 0 saturated heterocycles. The first-order valence-electron chi connectivity index (χ1n) is 4.22. The summed E-state index contributed by atoms with van der Waals surface area (Å²) < 4.78 is 5.29. The van der Waals surface area contributed by atoms with Crippen molar-refractivity contribution in [2.75, 3.05) is 13.1 Å². The standard InChI is InChI=1S/C8H10N4O/c9-12-11-5-7-6-2-4-13-8(6)1-3-10-7/h2,4,7,10H,1,3,5H2. The molecule has 13 heavy (non-hydrogen) atoms. The van der Waals surface area contributed by atoms with Crippen LogP contribution in [0.2, 0.25) is 0 Å². The van der Waals surface area contributed by atoms with E-state index >= 15 is 0 Å². The van der Waals surface area contributed by atoms with Crippen LogP contribution < -0.4 is 5.32 Å². The molecule has 2 heterocycles. The van der Waals surface area contributed by atoms with E-state index in [1.807, 2.05) is 6.07 Å². The quantitative estimate of drug-likeness (QED) is 0.425. The first kappa shape index (κ1) is 8.16. The van der Waals surface area contributed by atoms with Crippen molar-refractivity contribution in [1.82, 2.24) is 5.32 Å². The maximum atomic E-state index is 8.20. The zero-order chi connectivity index (χ0) is 9.10. The van der Waals surface area contributed by atoms with Crippen LogP contribution in [0.5, 0.6) is 0 Å². The minimum absolute atomic E-state index is 0.124. The number of fused-ring (bicyclic) bond motifs is 1. The Morgan fingerprint density at radius 2 is 2.69 bits per heavy atom. The Bertz CT molecular complexity index is 340. The van der Waals surface area contributed by atoms with Crippen molar-refractivity contribution in [3.63, 3.8) is 0 Å². The van der Waals surface area contributed by atoms with Crippen LogP contribution in [0.4, 0.5) is 0 Å². The molecule has 1 N–H and O–H groups in total. The van der Waals surface area contributed by atoms with Crippen molar-refractivity contribution < 1.29 is 4.42 Å². The minimum atomic E-state index is 0.124. The van der Waals surface area contributed by atoms with Gasteiger partial charge in [-0.1, -0.05) is 5.11 Å². The van der Waals surface area contributed by atoms with Crippen molar-refractivity contribution in [3.8, 4) is 0 Å². The lowest BCUT2D eigenvalue weighted by Gasteiger charge is -2.21. The molecule has 1 aliphatic heterocycles. The van der Waals surface area contributed by atoms with Gasteiger partial charge in [0.2, 0.25) is 0 Å².